The van der Waals surface area contributed by atoms with Crippen LogP contribution in [0, 0.1) is 0 Å². The maximum absolute atomic E-state index is 12.4. The van der Waals surface area contributed by atoms with Crippen LogP contribution >= 0.6 is 11.6 Å². The second kappa shape index (κ2) is 7.59. The number of hydrogen-bond acceptors (Lipinski definition) is 5. The van der Waals surface area contributed by atoms with Crippen LogP contribution in [0.25, 0.3) is 0 Å². The third-order valence-corrected chi connectivity index (χ3v) is 4.30. The molecule has 0 spiro atoms. The molecule has 1 aromatic heterocycles. The van der Waals surface area contributed by atoms with Crippen molar-refractivity contribution in [3.8, 4) is 0 Å². The van der Waals surface area contributed by atoms with E-state index < -0.39 is 0 Å². The molecule has 126 valence electrons. The van der Waals surface area contributed by atoms with Crippen LogP contribution in [0.5, 0.6) is 0 Å². The molecule has 0 atom stereocenters. The Morgan fingerprint density at radius 3 is 2.75 bits per heavy atom. The van der Waals surface area contributed by atoms with Gasteiger partial charge < -0.3 is 15.1 Å². The summed E-state index contributed by atoms with van der Waals surface area (Å²) in [6.45, 7) is 6.92. The molecule has 0 aliphatic carbocycles. The maximum atomic E-state index is 12.4. The highest BCUT2D eigenvalue weighted by molar-refractivity contribution is 6.30. The Kier molecular flexibility index (Phi) is 5.27. The molecule has 6 nitrogen and oxygen atoms in total. The minimum atomic E-state index is -0.270. The third kappa shape index (κ3) is 4.01. The summed E-state index contributed by atoms with van der Waals surface area (Å²) in [5, 5.41) is 3.38. The minimum absolute atomic E-state index is 0.270. The normalized spacial score (nSPS) is 15.3. The summed E-state index contributed by atoms with van der Waals surface area (Å²) < 4.78 is 0. The number of benzene rings is 1. The molecule has 1 amide bonds. The number of carbonyl (C=O) groups excluding carboxylic acids is 1. The Morgan fingerprint density at radius 2 is 2.04 bits per heavy atom. The molecule has 0 saturated carbocycles. The number of anilines is 2. The molecular formula is C17H20ClN5O. The number of aromatic nitrogens is 2. The fourth-order valence-electron chi connectivity index (χ4n) is 2.65. The molecule has 0 radical (unpaired) electrons. The van der Waals surface area contributed by atoms with Crippen LogP contribution in [-0.2, 0) is 0 Å². The highest BCUT2D eigenvalue weighted by atomic mass is 35.5. The highest BCUT2D eigenvalue weighted by Crippen LogP contribution is 2.16. The summed E-state index contributed by atoms with van der Waals surface area (Å²) in [7, 11) is 0. The first-order chi connectivity index (χ1) is 11.7. The van der Waals surface area contributed by atoms with Gasteiger partial charge >= 0.3 is 0 Å². The largest absolute Gasteiger partial charge is 0.338 e. The van der Waals surface area contributed by atoms with Crippen LogP contribution in [0.3, 0.4) is 0 Å². The molecule has 1 aliphatic heterocycles. The van der Waals surface area contributed by atoms with Crippen LogP contribution in [0.4, 0.5) is 11.6 Å². The van der Waals surface area contributed by atoms with Gasteiger partial charge in [-0.25, -0.2) is 9.97 Å². The molecule has 1 fully saturated rings. The number of nitrogens with one attached hydrogen (secondary N) is 1. The van der Waals surface area contributed by atoms with Gasteiger partial charge in [-0.2, -0.15) is 0 Å². The lowest BCUT2D eigenvalue weighted by atomic mass is 10.3. The number of piperazine rings is 1. The molecule has 1 aromatic carbocycles. The van der Waals surface area contributed by atoms with E-state index in [9.17, 15) is 4.79 Å². The van der Waals surface area contributed by atoms with E-state index in [-0.39, 0.29) is 5.91 Å². The first-order valence-electron chi connectivity index (χ1n) is 8.03. The quantitative estimate of drug-likeness (QED) is 0.922. The fourth-order valence-corrected chi connectivity index (χ4v) is 2.84. The van der Waals surface area contributed by atoms with Gasteiger partial charge in [0.15, 0.2) is 0 Å². The van der Waals surface area contributed by atoms with E-state index in [4.69, 9.17) is 11.6 Å². The molecule has 7 heteroatoms. The SMILES string of the molecule is CCN1CCN(c2nccc(C(=O)Nc3cccc(Cl)c3)n2)CC1. The number of nitrogens with zero attached hydrogens (tertiary/aromatic N) is 4. The molecule has 1 aliphatic rings. The van der Waals surface area contributed by atoms with Gasteiger partial charge in [0.25, 0.3) is 5.91 Å². The molecule has 1 N–H and O–H groups in total. The number of hydrogen-bond donors (Lipinski definition) is 1. The van der Waals surface area contributed by atoms with E-state index in [1.807, 2.05) is 0 Å². The van der Waals surface area contributed by atoms with E-state index in [2.05, 4.69) is 32.0 Å². The lowest BCUT2D eigenvalue weighted by Gasteiger charge is -2.34. The van der Waals surface area contributed by atoms with Crippen molar-refractivity contribution in [3.05, 3.63) is 47.2 Å². The highest BCUT2D eigenvalue weighted by Gasteiger charge is 2.19. The average molecular weight is 346 g/mol. The standard InChI is InChI=1S/C17H20ClN5O/c1-2-22-8-10-23(11-9-22)17-19-7-6-15(21-17)16(24)20-14-5-3-4-13(18)12-14/h3-7,12H,2,8-11H2,1H3,(H,20,24). The lowest BCUT2D eigenvalue weighted by Crippen LogP contribution is -2.46. The zero-order valence-corrected chi connectivity index (χ0v) is 14.3. The van der Waals surface area contributed by atoms with Crippen molar-refractivity contribution in [2.75, 3.05) is 42.9 Å². The van der Waals surface area contributed by atoms with Gasteiger partial charge in [0.2, 0.25) is 5.95 Å². The predicted octanol–water partition coefficient (Wildman–Crippen LogP) is 2.52. The molecule has 2 heterocycles. The molecule has 1 saturated heterocycles. The summed E-state index contributed by atoms with van der Waals surface area (Å²) in [5.74, 6) is 0.331. The monoisotopic (exact) mass is 345 g/mol. The molecule has 24 heavy (non-hydrogen) atoms. The summed E-state index contributed by atoms with van der Waals surface area (Å²) in [6, 6.07) is 8.65. The van der Waals surface area contributed by atoms with E-state index in [1.165, 1.54) is 0 Å². The molecule has 2 aromatic rings. The van der Waals surface area contributed by atoms with Crippen molar-refractivity contribution in [1.29, 1.82) is 0 Å². The fraction of sp³-hybridized carbons (Fsp3) is 0.353. The Labute approximate surface area is 146 Å². The number of carbonyl (C=O) groups is 1. The minimum Gasteiger partial charge on any atom is -0.338 e. The van der Waals surface area contributed by atoms with Crippen LogP contribution in [-0.4, -0.2) is 53.5 Å². The Hall–Kier alpha value is -2.18. The smallest absolute Gasteiger partial charge is 0.274 e. The summed E-state index contributed by atoms with van der Waals surface area (Å²) in [4.78, 5) is 25.6. The number of rotatable bonds is 4. The molecular weight excluding hydrogens is 326 g/mol. The van der Waals surface area contributed by atoms with Gasteiger partial charge in [-0.1, -0.05) is 24.6 Å². The van der Waals surface area contributed by atoms with Gasteiger partial charge in [0.1, 0.15) is 5.69 Å². The maximum Gasteiger partial charge on any atom is 0.274 e. The Bertz CT molecular complexity index is 716. The van der Waals surface area contributed by atoms with Gasteiger partial charge in [-0.3, -0.25) is 4.79 Å². The van der Waals surface area contributed by atoms with Crippen molar-refractivity contribution >= 4 is 29.1 Å². The van der Waals surface area contributed by atoms with Gasteiger partial charge in [0.05, 0.1) is 0 Å². The van der Waals surface area contributed by atoms with Crippen molar-refractivity contribution in [2.24, 2.45) is 0 Å². The van der Waals surface area contributed by atoms with Crippen molar-refractivity contribution in [2.45, 2.75) is 6.92 Å². The van der Waals surface area contributed by atoms with Crippen LogP contribution in [0.1, 0.15) is 17.4 Å². The van der Waals surface area contributed by atoms with Gasteiger partial charge in [-0.05, 0) is 30.8 Å². The molecule has 0 bridgehead atoms. The summed E-state index contributed by atoms with van der Waals surface area (Å²) >= 11 is 5.94. The Morgan fingerprint density at radius 1 is 1.25 bits per heavy atom. The topological polar surface area (TPSA) is 61.4 Å². The summed E-state index contributed by atoms with van der Waals surface area (Å²) in [6.07, 6.45) is 1.63. The molecule has 3 rings (SSSR count). The number of amides is 1. The molecule has 0 unspecified atom stereocenters. The first-order valence-corrected chi connectivity index (χ1v) is 8.41. The van der Waals surface area contributed by atoms with Crippen LogP contribution in [0.2, 0.25) is 5.02 Å². The van der Waals surface area contributed by atoms with Crippen LogP contribution < -0.4 is 10.2 Å². The van der Waals surface area contributed by atoms with Crippen molar-refractivity contribution < 1.29 is 4.79 Å². The predicted molar refractivity (Wildman–Crippen MR) is 95.8 cm³/mol. The van der Waals surface area contributed by atoms with Gasteiger partial charge in [-0.15, -0.1) is 0 Å². The average Bonchev–Trinajstić information content (AvgIpc) is 2.62. The van der Waals surface area contributed by atoms with E-state index in [0.29, 0.717) is 22.4 Å². The lowest BCUT2D eigenvalue weighted by molar-refractivity contribution is 0.102. The third-order valence-electron chi connectivity index (χ3n) is 4.06. The second-order valence-corrected chi connectivity index (χ2v) is 6.06. The van der Waals surface area contributed by atoms with Crippen LogP contribution in [0.15, 0.2) is 36.5 Å². The van der Waals surface area contributed by atoms with Gasteiger partial charge in [0, 0.05) is 43.1 Å². The zero-order valence-electron chi connectivity index (χ0n) is 13.6. The van der Waals surface area contributed by atoms with Crippen molar-refractivity contribution in [1.82, 2.24) is 14.9 Å². The number of likely N-dealkylation sites (N-methyl/N-ethyl adjacent to an activating group) is 1. The van der Waals surface area contributed by atoms with Crippen molar-refractivity contribution in [3.63, 3.8) is 0 Å². The zero-order chi connectivity index (χ0) is 16.9. The van der Waals surface area contributed by atoms with E-state index >= 15 is 0 Å². The van der Waals surface area contributed by atoms with E-state index in [1.54, 1.807) is 36.5 Å². The summed E-state index contributed by atoms with van der Waals surface area (Å²) in [5.41, 5.74) is 0.988. The first kappa shape index (κ1) is 16.7. The van der Waals surface area contributed by atoms with E-state index in [0.717, 1.165) is 32.7 Å². The Balaban J connectivity index is 1.69. The second-order valence-electron chi connectivity index (χ2n) is 5.63. The number of halogens is 1.